The van der Waals surface area contributed by atoms with E-state index in [1.165, 1.54) is 18.9 Å². The summed E-state index contributed by atoms with van der Waals surface area (Å²) in [6, 6.07) is 0.939. The van der Waals surface area contributed by atoms with Gasteiger partial charge in [-0.1, -0.05) is 6.92 Å². The maximum absolute atomic E-state index is 12.7. The molecule has 2 aromatic heterocycles. The molecule has 2 unspecified atom stereocenters. The van der Waals surface area contributed by atoms with Gasteiger partial charge in [-0.2, -0.15) is 5.10 Å². The van der Waals surface area contributed by atoms with Gasteiger partial charge in [0.05, 0.1) is 23.2 Å². The van der Waals surface area contributed by atoms with Crippen molar-refractivity contribution in [3.63, 3.8) is 0 Å². The topological polar surface area (TPSA) is 88.3 Å². The fourth-order valence-electron chi connectivity index (χ4n) is 2.35. The molecule has 2 atom stereocenters. The van der Waals surface area contributed by atoms with Crippen molar-refractivity contribution >= 4 is 22.9 Å². The Labute approximate surface area is 134 Å². The summed E-state index contributed by atoms with van der Waals surface area (Å²) in [6.07, 6.45) is 2.52. The summed E-state index contributed by atoms with van der Waals surface area (Å²) in [5, 5.41) is 14.1. The summed E-state index contributed by atoms with van der Waals surface area (Å²) in [7, 11) is 1.49. The largest absolute Gasteiger partial charge is 0.480 e. The highest BCUT2D eigenvalue weighted by Crippen LogP contribution is 2.23. The molecule has 0 aliphatic heterocycles. The number of hydrogen-bond donors (Lipinski definition) is 1. The number of fused-ring (bicyclic) bond motifs is 1. The standard InChI is InChI=1S/C16H22N4O3/c1-6-10(3)20-14-13(8-17-20)12(7-9(2)18-14)15(21)19(5)11(4)16(22)23/h7-8,10-11H,6H2,1-5H3,(H,22,23). The van der Waals surface area contributed by atoms with E-state index in [1.807, 2.05) is 13.8 Å². The van der Waals surface area contributed by atoms with Gasteiger partial charge in [0, 0.05) is 12.7 Å². The van der Waals surface area contributed by atoms with Gasteiger partial charge in [0.15, 0.2) is 5.65 Å². The Balaban J connectivity index is 2.55. The highest BCUT2D eigenvalue weighted by Gasteiger charge is 2.25. The molecule has 1 N–H and O–H groups in total. The van der Waals surface area contributed by atoms with Crippen LogP contribution in [0.25, 0.3) is 11.0 Å². The molecule has 0 bridgehead atoms. The van der Waals surface area contributed by atoms with Gasteiger partial charge in [0.2, 0.25) is 0 Å². The summed E-state index contributed by atoms with van der Waals surface area (Å²) in [4.78, 5) is 29.5. The molecule has 124 valence electrons. The zero-order valence-corrected chi connectivity index (χ0v) is 14.1. The number of likely N-dealkylation sites (N-methyl/N-ethyl adjacent to an activating group) is 1. The van der Waals surface area contributed by atoms with Crippen molar-refractivity contribution in [2.24, 2.45) is 0 Å². The van der Waals surface area contributed by atoms with Crippen molar-refractivity contribution in [1.82, 2.24) is 19.7 Å². The van der Waals surface area contributed by atoms with Crippen LogP contribution in [-0.4, -0.2) is 49.7 Å². The second-order valence-electron chi connectivity index (χ2n) is 5.83. The summed E-state index contributed by atoms with van der Waals surface area (Å²) in [5.74, 6) is -1.39. The van der Waals surface area contributed by atoms with Crippen LogP contribution in [0.1, 0.15) is 49.3 Å². The third kappa shape index (κ3) is 3.04. The molecule has 7 nitrogen and oxygen atoms in total. The molecule has 1 amide bonds. The van der Waals surface area contributed by atoms with Gasteiger partial charge in [0.1, 0.15) is 6.04 Å². The van der Waals surface area contributed by atoms with Gasteiger partial charge in [-0.3, -0.25) is 4.79 Å². The zero-order valence-electron chi connectivity index (χ0n) is 14.1. The molecule has 0 fully saturated rings. The molecule has 2 heterocycles. The Morgan fingerprint density at radius 1 is 1.39 bits per heavy atom. The first kappa shape index (κ1) is 16.9. The second-order valence-corrected chi connectivity index (χ2v) is 5.83. The highest BCUT2D eigenvalue weighted by molar-refractivity contribution is 6.06. The van der Waals surface area contributed by atoms with Crippen molar-refractivity contribution in [2.75, 3.05) is 7.05 Å². The third-order valence-corrected chi connectivity index (χ3v) is 4.19. The molecule has 23 heavy (non-hydrogen) atoms. The molecular weight excluding hydrogens is 296 g/mol. The van der Waals surface area contributed by atoms with Crippen molar-refractivity contribution in [2.45, 2.75) is 46.2 Å². The summed E-state index contributed by atoms with van der Waals surface area (Å²) >= 11 is 0. The number of carbonyl (C=O) groups is 2. The Hall–Kier alpha value is -2.44. The van der Waals surface area contributed by atoms with Crippen LogP contribution in [-0.2, 0) is 4.79 Å². The number of nitrogens with zero attached hydrogens (tertiary/aromatic N) is 4. The Morgan fingerprint density at radius 3 is 2.61 bits per heavy atom. The molecule has 7 heteroatoms. The molecule has 0 aromatic carbocycles. The Morgan fingerprint density at radius 2 is 2.04 bits per heavy atom. The number of amides is 1. The number of aliphatic carboxylic acids is 1. The summed E-state index contributed by atoms with van der Waals surface area (Å²) in [6.45, 7) is 7.39. The number of pyridine rings is 1. The average molecular weight is 318 g/mol. The van der Waals surface area contributed by atoms with Gasteiger partial charge in [0.25, 0.3) is 5.91 Å². The van der Waals surface area contributed by atoms with Crippen LogP contribution in [0, 0.1) is 6.92 Å². The van der Waals surface area contributed by atoms with Crippen molar-refractivity contribution in [3.05, 3.63) is 23.5 Å². The minimum absolute atomic E-state index is 0.167. The minimum Gasteiger partial charge on any atom is -0.480 e. The van der Waals surface area contributed by atoms with Crippen LogP contribution in [0.4, 0.5) is 0 Å². The molecule has 0 saturated heterocycles. The van der Waals surface area contributed by atoms with Crippen LogP contribution in [0.15, 0.2) is 12.3 Å². The first-order chi connectivity index (χ1) is 10.8. The van der Waals surface area contributed by atoms with E-state index in [9.17, 15) is 9.59 Å². The predicted octanol–water partition coefficient (Wildman–Crippen LogP) is 2.26. The predicted molar refractivity (Wildman–Crippen MR) is 86.5 cm³/mol. The van der Waals surface area contributed by atoms with Crippen molar-refractivity contribution in [3.8, 4) is 0 Å². The van der Waals surface area contributed by atoms with Crippen molar-refractivity contribution in [1.29, 1.82) is 0 Å². The van der Waals surface area contributed by atoms with E-state index in [0.29, 0.717) is 22.3 Å². The SMILES string of the molecule is CCC(C)n1ncc2c(C(=O)N(C)C(C)C(=O)O)cc(C)nc21. The zero-order chi connectivity index (χ0) is 17.3. The molecular formula is C16H22N4O3. The number of hydrogen-bond acceptors (Lipinski definition) is 4. The fourth-order valence-corrected chi connectivity index (χ4v) is 2.35. The van der Waals surface area contributed by atoms with E-state index in [-0.39, 0.29) is 11.9 Å². The molecule has 0 radical (unpaired) electrons. The van der Waals surface area contributed by atoms with E-state index in [4.69, 9.17) is 5.11 Å². The number of rotatable bonds is 5. The number of aryl methyl sites for hydroxylation is 1. The molecule has 0 aliphatic carbocycles. The average Bonchev–Trinajstić information content (AvgIpc) is 2.94. The lowest BCUT2D eigenvalue weighted by atomic mass is 10.1. The van der Waals surface area contributed by atoms with Gasteiger partial charge < -0.3 is 10.0 Å². The number of aromatic nitrogens is 3. The van der Waals surface area contributed by atoms with Crippen molar-refractivity contribution < 1.29 is 14.7 Å². The first-order valence-corrected chi connectivity index (χ1v) is 7.62. The van der Waals surface area contributed by atoms with Crippen LogP contribution < -0.4 is 0 Å². The first-order valence-electron chi connectivity index (χ1n) is 7.62. The van der Waals surface area contributed by atoms with Gasteiger partial charge in [-0.25, -0.2) is 14.5 Å². The van der Waals surface area contributed by atoms with Crippen LogP contribution >= 0.6 is 0 Å². The maximum Gasteiger partial charge on any atom is 0.326 e. The second kappa shape index (κ2) is 6.36. The summed E-state index contributed by atoms with van der Waals surface area (Å²) < 4.78 is 1.81. The normalized spacial score (nSPS) is 13.8. The molecule has 0 spiro atoms. The van der Waals surface area contributed by atoms with E-state index < -0.39 is 12.0 Å². The quantitative estimate of drug-likeness (QED) is 0.913. The lowest BCUT2D eigenvalue weighted by molar-refractivity contribution is -0.141. The van der Waals surface area contributed by atoms with E-state index >= 15 is 0 Å². The number of carbonyl (C=O) groups excluding carboxylic acids is 1. The molecule has 2 rings (SSSR count). The smallest absolute Gasteiger partial charge is 0.326 e. The van der Waals surface area contributed by atoms with Crippen LogP contribution in [0.3, 0.4) is 0 Å². The Kier molecular flexibility index (Phi) is 4.68. The van der Waals surface area contributed by atoms with Crippen LogP contribution in [0.2, 0.25) is 0 Å². The lowest BCUT2D eigenvalue weighted by Crippen LogP contribution is -2.40. The third-order valence-electron chi connectivity index (χ3n) is 4.19. The van der Waals surface area contributed by atoms with E-state index in [2.05, 4.69) is 17.0 Å². The fraction of sp³-hybridized carbons (Fsp3) is 0.500. The van der Waals surface area contributed by atoms with E-state index in [0.717, 1.165) is 6.42 Å². The van der Waals surface area contributed by atoms with Crippen LogP contribution in [0.5, 0.6) is 0 Å². The minimum atomic E-state index is -1.04. The Bertz CT molecular complexity index is 753. The lowest BCUT2D eigenvalue weighted by Gasteiger charge is -2.22. The highest BCUT2D eigenvalue weighted by atomic mass is 16.4. The molecule has 2 aromatic rings. The summed E-state index contributed by atoms with van der Waals surface area (Å²) in [5.41, 5.74) is 1.78. The van der Waals surface area contributed by atoms with Gasteiger partial charge in [-0.15, -0.1) is 0 Å². The molecule has 0 saturated carbocycles. The number of carboxylic acid groups (broad SMARTS) is 1. The maximum atomic E-state index is 12.7. The monoisotopic (exact) mass is 318 g/mol. The van der Waals surface area contributed by atoms with Gasteiger partial charge >= 0.3 is 5.97 Å². The number of carboxylic acids is 1. The van der Waals surface area contributed by atoms with E-state index in [1.54, 1.807) is 16.9 Å². The molecule has 0 aliphatic rings. The van der Waals surface area contributed by atoms with Gasteiger partial charge in [-0.05, 0) is 33.3 Å².